The second-order valence-electron chi connectivity index (χ2n) is 6.42. The molecule has 0 saturated heterocycles. The van der Waals surface area contributed by atoms with Gasteiger partial charge in [0.15, 0.2) is 0 Å². The molecule has 0 bridgehead atoms. The van der Waals surface area contributed by atoms with Gasteiger partial charge in [0, 0.05) is 23.2 Å². The Morgan fingerprint density at radius 2 is 2.04 bits per heavy atom. The molecule has 2 heterocycles. The molecular weight excluding hydrogens is 344 g/mol. The number of carbonyl (C=O) groups excluding carboxylic acids is 1. The number of hydrogen-bond acceptors (Lipinski definition) is 4. The smallest absolute Gasteiger partial charge is 0.231 e. The zero-order valence-electron chi connectivity index (χ0n) is 14.9. The molecule has 1 aromatic heterocycles. The summed E-state index contributed by atoms with van der Waals surface area (Å²) in [6, 6.07) is 14.0. The van der Waals surface area contributed by atoms with Crippen molar-refractivity contribution in [3.05, 3.63) is 64.0 Å². The number of nitrogens with zero attached hydrogens (tertiary/aromatic N) is 2. The number of aromatic nitrogens is 1. The minimum absolute atomic E-state index is 0.131. The molecule has 1 aliphatic heterocycles. The molecule has 5 heteroatoms. The summed E-state index contributed by atoms with van der Waals surface area (Å²) < 4.78 is 5.17. The number of anilines is 1. The fraction of sp³-hybridized carbons (Fsp3) is 0.238. The van der Waals surface area contributed by atoms with Crippen LogP contribution in [0.15, 0.2) is 47.8 Å². The number of benzene rings is 2. The third-order valence-corrected chi connectivity index (χ3v) is 5.48. The molecule has 0 atom stereocenters. The van der Waals surface area contributed by atoms with E-state index < -0.39 is 0 Å². The van der Waals surface area contributed by atoms with Crippen molar-refractivity contribution < 1.29 is 9.53 Å². The van der Waals surface area contributed by atoms with Gasteiger partial charge >= 0.3 is 0 Å². The molecule has 3 aromatic rings. The van der Waals surface area contributed by atoms with Crippen molar-refractivity contribution in [3.8, 4) is 17.0 Å². The van der Waals surface area contributed by atoms with E-state index in [1.807, 2.05) is 36.1 Å². The van der Waals surface area contributed by atoms with Gasteiger partial charge in [-0.05, 0) is 48.7 Å². The monoisotopic (exact) mass is 364 g/mol. The molecule has 1 aliphatic rings. The van der Waals surface area contributed by atoms with Gasteiger partial charge in [0.2, 0.25) is 5.91 Å². The molecule has 0 aliphatic carbocycles. The van der Waals surface area contributed by atoms with E-state index in [1.165, 1.54) is 5.56 Å². The van der Waals surface area contributed by atoms with Crippen molar-refractivity contribution >= 4 is 22.9 Å². The van der Waals surface area contributed by atoms with Crippen molar-refractivity contribution in [2.45, 2.75) is 19.8 Å². The molecule has 0 saturated carbocycles. The fourth-order valence-electron chi connectivity index (χ4n) is 3.33. The zero-order chi connectivity index (χ0) is 18.1. The first-order valence-corrected chi connectivity index (χ1v) is 9.51. The lowest BCUT2D eigenvalue weighted by Crippen LogP contribution is -2.30. The van der Waals surface area contributed by atoms with Gasteiger partial charge in [0.1, 0.15) is 5.75 Å². The lowest BCUT2D eigenvalue weighted by Gasteiger charge is -2.17. The van der Waals surface area contributed by atoms with E-state index in [9.17, 15) is 4.79 Å². The maximum atomic E-state index is 12.8. The highest BCUT2D eigenvalue weighted by Crippen LogP contribution is 2.33. The summed E-state index contributed by atoms with van der Waals surface area (Å²) in [4.78, 5) is 19.2. The number of amides is 1. The summed E-state index contributed by atoms with van der Waals surface area (Å²) in [7, 11) is 1.64. The molecule has 132 valence electrons. The molecule has 0 spiro atoms. The van der Waals surface area contributed by atoms with E-state index in [-0.39, 0.29) is 5.91 Å². The Labute approximate surface area is 157 Å². The Balaban J connectivity index is 1.52. The first-order chi connectivity index (χ1) is 12.6. The molecule has 0 N–H and O–H groups in total. The highest BCUT2D eigenvalue weighted by atomic mass is 32.1. The molecule has 26 heavy (non-hydrogen) atoms. The van der Waals surface area contributed by atoms with Crippen LogP contribution in [0.2, 0.25) is 0 Å². The summed E-state index contributed by atoms with van der Waals surface area (Å²) in [6.45, 7) is 2.75. The van der Waals surface area contributed by atoms with Crippen molar-refractivity contribution in [1.29, 1.82) is 0 Å². The van der Waals surface area contributed by atoms with Gasteiger partial charge in [-0.1, -0.05) is 18.2 Å². The summed E-state index contributed by atoms with van der Waals surface area (Å²) in [5, 5.41) is 3.15. The minimum atomic E-state index is 0.131. The van der Waals surface area contributed by atoms with Crippen LogP contribution in [0.25, 0.3) is 11.3 Å². The summed E-state index contributed by atoms with van der Waals surface area (Å²) in [5.41, 5.74) is 5.38. The number of methoxy groups -OCH3 is 1. The van der Waals surface area contributed by atoms with Crippen LogP contribution in [0.4, 0.5) is 5.69 Å². The number of rotatable bonds is 4. The summed E-state index contributed by atoms with van der Waals surface area (Å²) in [6.07, 6.45) is 1.29. The quantitative estimate of drug-likeness (QED) is 0.695. The van der Waals surface area contributed by atoms with E-state index in [0.717, 1.165) is 46.2 Å². The standard InChI is InChI=1S/C21H20N2O2S/c1-14-22-19(13-26-14)16-5-8-20-17(12-16)9-10-23(20)21(24)11-15-3-6-18(25-2)7-4-15/h3-8,12-13H,9-11H2,1-2H3. The lowest BCUT2D eigenvalue weighted by molar-refractivity contribution is -0.117. The second-order valence-corrected chi connectivity index (χ2v) is 7.48. The summed E-state index contributed by atoms with van der Waals surface area (Å²) in [5.74, 6) is 0.934. The molecule has 0 fully saturated rings. The van der Waals surface area contributed by atoms with Crippen LogP contribution in [0.5, 0.6) is 5.75 Å². The first-order valence-electron chi connectivity index (χ1n) is 8.63. The van der Waals surface area contributed by atoms with Crippen LogP contribution in [-0.2, 0) is 17.6 Å². The van der Waals surface area contributed by atoms with Crippen LogP contribution < -0.4 is 9.64 Å². The van der Waals surface area contributed by atoms with E-state index in [4.69, 9.17) is 4.74 Å². The van der Waals surface area contributed by atoms with Crippen molar-refractivity contribution in [2.75, 3.05) is 18.6 Å². The Morgan fingerprint density at radius 1 is 1.23 bits per heavy atom. The third kappa shape index (κ3) is 3.22. The summed E-state index contributed by atoms with van der Waals surface area (Å²) >= 11 is 1.66. The molecule has 4 rings (SSSR count). The highest BCUT2D eigenvalue weighted by Gasteiger charge is 2.25. The predicted octanol–water partition coefficient (Wildman–Crippen LogP) is 4.26. The maximum absolute atomic E-state index is 12.8. The van der Waals surface area contributed by atoms with Crippen molar-refractivity contribution in [3.63, 3.8) is 0 Å². The van der Waals surface area contributed by atoms with Crippen LogP contribution in [0, 0.1) is 6.92 Å². The van der Waals surface area contributed by atoms with E-state index in [1.54, 1.807) is 18.4 Å². The molecule has 2 aromatic carbocycles. The Morgan fingerprint density at radius 3 is 2.73 bits per heavy atom. The van der Waals surface area contributed by atoms with E-state index >= 15 is 0 Å². The van der Waals surface area contributed by atoms with Gasteiger partial charge in [0.25, 0.3) is 0 Å². The number of fused-ring (bicyclic) bond motifs is 1. The number of ether oxygens (including phenoxy) is 1. The average Bonchev–Trinajstić information content (AvgIpc) is 3.28. The SMILES string of the molecule is COc1ccc(CC(=O)N2CCc3cc(-c4csc(C)n4)ccc32)cc1. The van der Waals surface area contributed by atoms with Gasteiger partial charge < -0.3 is 9.64 Å². The highest BCUT2D eigenvalue weighted by molar-refractivity contribution is 7.09. The minimum Gasteiger partial charge on any atom is -0.497 e. The Kier molecular flexibility index (Phi) is 4.47. The Bertz CT molecular complexity index is 947. The zero-order valence-corrected chi connectivity index (χ0v) is 15.7. The molecular formula is C21H20N2O2S. The van der Waals surface area contributed by atoms with Gasteiger partial charge in [-0.3, -0.25) is 4.79 Å². The Hall–Kier alpha value is -2.66. The fourth-order valence-corrected chi connectivity index (χ4v) is 3.95. The largest absolute Gasteiger partial charge is 0.497 e. The average molecular weight is 364 g/mol. The first kappa shape index (κ1) is 16.8. The molecule has 0 unspecified atom stereocenters. The topological polar surface area (TPSA) is 42.4 Å². The van der Waals surface area contributed by atoms with Gasteiger partial charge in [-0.2, -0.15) is 0 Å². The normalized spacial score (nSPS) is 12.9. The number of carbonyl (C=O) groups is 1. The lowest BCUT2D eigenvalue weighted by atomic mass is 10.1. The molecule has 0 radical (unpaired) electrons. The van der Waals surface area contributed by atoms with Crippen LogP contribution in [0.3, 0.4) is 0 Å². The van der Waals surface area contributed by atoms with Gasteiger partial charge in [-0.25, -0.2) is 4.98 Å². The van der Waals surface area contributed by atoms with Crippen LogP contribution in [-0.4, -0.2) is 24.5 Å². The predicted molar refractivity (Wildman–Crippen MR) is 105 cm³/mol. The third-order valence-electron chi connectivity index (χ3n) is 4.71. The molecule has 4 nitrogen and oxygen atoms in total. The van der Waals surface area contributed by atoms with Gasteiger partial charge in [0.05, 0.1) is 24.2 Å². The molecule has 1 amide bonds. The van der Waals surface area contributed by atoms with Crippen molar-refractivity contribution in [2.24, 2.45) is 0 Å². The number of aryl methyl sites for hydroxylation is 1. The van der Waals surface area contributed by atoms with E-state index in [2.05, 4.69) is 28.6 Å². The van der Waals surface area contributed by atoms with Gasteiger partial charge in [-0.15, -0.1) is 11.3 Å². The number of thiazole rings is 1. The van der Waals surface area contributed by atoms with E-state index in [0.29, 0.717) is 6.42 Å². The second kappa shape index (κ2) is 6.92. The van der Waals surface area contributed by atoms with Crippen molar-refractivity contribution in [1.82, 2.24) is 4.98 Å². The van der Waals surface area contributed by atoms with Crippen LogP contribution >= 0.6 is 11.3 Å². The number of hydrogen-bond donors (Lipinski definition) is 0. The maximum Gasteiger partial charge on any atom is 0.231 e. The van der Waals surface area contributed by atoms with Crippen LogP contribution in [0.1, 0.15) is 16.1 Å².